The average Bonchev–Trinajstić information content (AvgIpc) is 3.03. The first kappa shape index (κ1) is 14.9. The second kappa shape index (κ2) is 6.81. The predicted octanol–water partition coefficient (Wildman–Crippen LogP) is 2.05. The van der Waals surface area contributed by atoms with E-state index < -0.39 is 0 Å². The zero-order valence-electron chi connectivity index (χ0n) is 11.9. The summed E-state index contributed by atoms with van der Waals surface area (Å²) in [6.07, 6.45) is 1.71. The Labute approximate surface area is 133 Å². The van der Waals surface area contributed by atoms with E-state index >= 15 is 0 Å². The normalized spacial score (nSPS) is 14.9. The fraction of sp³-hybridized carbons (Fsp3) is 0.333. The van der Waals surface area contributed by atoms with E-state index in [9.17, 15) is 4.79 Å². The summed E-state index contributed by atoms with van der Waals surface area (Å²) in [6.45, 7) is 2.54. The fourth-order valence-corrected chi connectivity index (χ4v) is 2.36. The number of morpholine rings is 1. The highest BCUT2D eigenvalue weighted by Gasteiger charge is 2.20. The van der Waals surface area contributed by atoms with Crippen molar-refractivity contribution in [2.24, 2.45) is 0 Å². The van der Waals surface area contributed by atoms with Crippen molar-refractivity contribution in [3.8, 4) is 5.75 Å². The van der Waals surface area contributed by atoms with Gasteiger partial charge in [-0.15, -0.1) is 0 Å². The molecule has 116 valence electrons. The van der Waals surface area contributed by atoms with Crippen LogP contribution in [0.5, 0.6) is 5.75 Å². The van der Waals surface area contributed by atoms with Crippen molar-refractivity contribution in [3.05, 3.63) is 47.2 Å². The summed E-state index contributed by atoms with van der Waals surface area (Å²) in [6, 6.07) is 8.91. The number of rotatable bonds is 4. The van der Waals surface area contributed by atoms with Crippen molar-refractivity contribution in [3.63, 3.8) is 0 Å². The van der Waals surface area contributed by atoms with Gasteiger partial charge in [0.25, 0.3) is 5.91 Å². The number of aromatic nitrogens is 2. The molecule has 2 heterocycles. The molecule has 0 unspecified atom stereocenters. The number of carbonyl (C=O) groups is 1. The van der Waals surface area contributed by atoms with Crippen LogP contribution in [0.2, 0.25) is 5.02 Å². The molecule has 0 saturated carbocycles. The molecule has 0 radical (unpaired) electrons. The van der Waals surface area contributed by atoms with E-state index in [2.05, 4.69) is 5.10 Å². The topological polar surface area (TPSA) is 56.6 Å². The maximum atomic E-state index is 12.3. The first-order valence-electron chi connectivity index (χ1n) is 7.02. The van der Waals surface area contributed by atoms with Crippen molar-refractivity contribution in [1.82, 2.24) is 14.7 Å². The number of hydrogen-bond donors (Lipinski definition) is 0. The summed E-state index contributed by atoms with van der Waals surface area (Å²) in [7, 11) is 0. The Morgan fingerprint density at radius 1 is 1.27 bits per heavy atom. The van der Waals surface area contributed by atoms with Gasteiger partial charge in [0.05, 0.1) is 18.2 Å². The van der Waals surface area contributed by atoms with Gasteiger partial charge in [-0.1, -0.05) is 23.7 Å². The molecule has 7 heteroatoms. The van der Waals surface area contributed by atoms with Crippen LogP contribution in [0, 0.1) is 0 Å². The third-order valence-electron chi connectivity index (χ3n) is 3.35. The highest BCUT2D eigenvalue weighted by molar-refractivity contribution is 6.32. The van der Waals surface area contributed by atoms with E-state index in [4.69, 9.17) is 21.1 Å². The zero-order valence-corrected chi connectivity index (χ0v) is 12.7. The van der Waals surface area contributed by atoms with Gasteiger partial charge in [-0.3, -0.25) is 4.79 Å². The molecular weight excluding hydrogens is 306 g/mol. The molecule has 1 aromatic carbocycles. The predicted molar refractivity (Wildman–Crippen MR) is 81.0 cm³/mol. The third-order valence-corrected chi connectivity index (χ3v) is 3.66. The standard InChI is InChI=1S/C15H16ClN3O3/c16-12-3-1-2-4-14(12)22-11-19-6-5-13(17-19)15(20)18-7-9-21-10-8-18/h1-6H,7-11H2. The molecule has 1 aromatic heterocycles. The number of amides is 1. The Hall–Kier alpha value is -2.05. The molecular formula is C15H16ClN3O3. The largest absolute Gasteiger partial charge is 0.470 e. The number of halogens is 1. The van der Waals surface area contributed by atoms with Crippen LogP contribution in [-0.2, 0) is 11.5 Å². The molecule has 1 amide bonds. The van der Waals surface area contributed by atoms with Crippen LogP contribution in [0.4, 0.5) is 0 Å². The Balaban J connectivity index is 1.61. The summed E-state index contributed by atoms with van der Waals surface area (Å²) >= 11 is 6.02. The summed E-state index contributed by atoms with van der Waals surface area (Å²) < 4.78 is 12.4. The van der Waals surface area contributed by atoms with Gasteiger partial charge in [0.1, 0.15) is 5.75 Å². The minimum absolute atomic E-state index is 0.0835. The molecule has 0 atom stereocenters. The lowest BCUT2D eigenvalue weighted by atomic mass is 10.3. The van der Waals surface area contributed by atoms with Gasteiger partial charge in [0, 0.05) is 19.3 Å². The molecule has 0 bridgehead atoms. The monoisotopic (exact) mass is 321 g/mol. The Morgan fingerprint density at radius 2 is 2.05 bits per heavy atom. The van der Waals surface area contributed by atoms with Crippen molar-refractivity contribution in [2.75, 3.05) is 26.3 Å². The summed E-state index contributed by atoms with van der Waals surface area (Å²) in [5.41, 5.74) is 0.407. The lowest BCUT2D eigenvalue weighted by Gasteiger charge is -2.25. The van der Waals surface area contributed by atoms with E-state index in [0.29, 0.717) is 42.8 Å². The van der Waals surface area contributed by atoms with Crippen molar-refractivity contribution < 1.29 is 14.3 Å². The summed E-state index contributed by atoms with van der Waals surface area (Å²) in [5, 5.41) is 4.79. The second-order valence-electron chi connectivity index (χ2n) is 4.85. The molecule has 1 saturated heterocycles. The number of benzene rings is 1. The number of hydrogen-bond acceptors (Lipinski definition) is 4. The number of nitrogens with zero attached hydrogens (tertiary/aromatic N) is 3. The number of ether oxygens (including phenoxy) is 2. The van der Waals surface area contributed by atoms with Crippen LogP contribution in [-0.4, -0.2) is 46.9 Å². The Bertz CT molecular complexity index is 653. The smallest absolute Gasteiger partial charge is 0.274 e. The highest BCUT2D eigenvalue weighted by atomic mass is 35.5. The van der Waals surface area contributed by atoms with Gasteiger partial charge in [0.15, 0.2) is 12.4 Å². The number of para-hydroxylation sites is 1. The minimum atomic E-state index is -0.0835. The van der Waals surface area contributed by atoms with Crippen LogP contribution in [0.3, 0.4) is 0 Å². The number of carbonyl (C=O) groups excluding carboxylic acids is 1. The average molecular weight is 322 g/mol. The first-order valence-corrected chi connectivity index (χ1v) is 7.39. The van der Waals surface area contributed by atoms with Crippen LogP contribution in [0.15, 0.2) is 36.5 Å². The maximum Gasteiger partial charge on any atom is 0.274 e. The molecule has 0 N–H and O–H groups in total. The lowest BCUT2D eigenvalue weighted by molar-refractivity contribution is 0.0298. The van der Waals surface area contributed by atoms with Crippen molar-refractivity contribution in [2.45, 2.75) is 6.73 Å². The SMILES string of the molecule is O=C(c1ccn(COc2ccccc2Cl)n1)N1CCOCC1. The van der Waals surface area contributed by atoms with Gasteiger partial charge >= 0.3 is 0 Å². The molecule has 1 fully saturated rings. The summed E-state index contributed by atoms with van der Waals surface area (Å²) in [4.78, 5) is 14.0. The van der Waals surface area contributed by atoms with Gasteiger partial charge in [-0.2, -0.15) is 5.10 Å². The molecule has 2 aromatic rings. The molecule has 1 aliphatic rings. The third kappa shape index (κ3) is 3.40. The highest BCUT2D eigenvalue weighted by Crippen LogP contribution is 2.23. The molecule has 3 rings (SSSR count). The van der Waals surface area contributed by atoms with E-state index in [1.165, 1.54) is 0 Å². The first-order chi connectivity index (χ1) is 10.7. The molecule has 22 heavy (non-hydrogen) atoms. The fourth-order valence-electron chi connectivity index (χ4n) is 2.17. The van der Waals surface area contributed by atoms with Crippen LogP contribution < -0.4 is 4.74 Å². The lowest BCUT2D eigenvalue weighted by Crippen LogP contribution is -2.40. The molecule has 6 nitrogen and oxygen atoms in total. The van der Waals surface area contributed by atoms with E-state index in [0.717, 1.165) is 0 Å². The van der Waals surface area contributed by atoms with E-state index in [1.54, 1.807) is 34.0 Å². The summed E-state index contributed by atoms with van der Waals surface area (Å²) in [5.74, 6) is 0.500. The molecule has 0 spiro atoms. The van der Waals surface area contributed by atoms with Gasteiger partial charge < -0.3 is 14.4 Å². The molecule has 0 aliphatic carbocycles. The van der Waals surface area contributed by atoms with Crippen LogP contribution in [0.25, 0.3) is 0 Å². The maximum absolute atomic E-state index is 12.3. The zero-order chi connectivity index (χ0) is 15.4. The quantitative estimate of drug-likeness (QED) is 0.865. The van der Waals surface area contributed by atoms with Gasteiger partial charge in [0.2, 0.25) is 0 Å². The van der Waals surface area contributed by atoms with E-state index in [-0.39, 0.29) is 12.6 Å². The molecule has 1 aliphatic heterocycles. The Kier molecular flexibility index (Phi) is 4.60. The van der Waals surface area contributed by atoms with Gasteiger partial charge in [-0.25, -0.2) is 4.68 Å². The van der Waals surface area contributed by atoms with E-state index in [1.807, 2.05) is 12.1 Å². The van der Waals surface area contributed by atoms with Crippen LogP contribution >= 0.6 is 11.6 Å². The van der Waals surface area contributed by atoms with Crippen LogP contribution in [0.1, 0.15) is 10.5 Å². The Morgan fingerprint density at radius 3 is 2.82 bits per heavy atom. The minimum Gasteiger partial charge on any atom is -0.470 e. The van der Waals surface area contributed by atoms with Crippen molar-refractivity contribution in [1.29, 1.82) is 0 Å². The van der Waals surface area contributed by atoms with Crippen molar-refractivity contribution >= 4 is 17.5 Å². The second-order valence-corrected chi connectivity index (χ2v) is 5.26. The van der Waals surface area contributed by atoms with Gasteiger partial charge in [-0.05, 0) is 18.2 Å².